The minimum atomic E-state index is 0.115. The monoisotopic (exact) mass is 346 g/mol. The van der Waals surface area contributed by atoms with Crippen molar-refractivity contribution >= 4 is 22.6 Å². The molecule has 1 N–H and O–H groups in total. The van der Waals surface area contributed by atoms with Crippen molar-refractivity contribution in [3.63, 3.8) is 0 Å². The maximum absolute atomic E-state index is 9.26. The fourth-order valence-corrected chi connectivity index (χ4v) is 3.00. The first-order valence-corrected chi connectivity index (χ1v) is 7.47. The van der Waals surface area contributed by atoms with Gasteiger partial charge in [0.15, 0.2) is 0 Å². The summed E-state index contributed by atoms with van der Waals surface area (Å²) in [5, 5.41) is 9.26. The van der Waals surface area contributed by atoms with E-state index < -0.39 is 0 Å². The van der Waals surface area contributed by atoms with Crippen molar-refractivity contribution in [3.05, 3.63) is 34.9 Å². The van der Waals surface area contributed by atoms with Crippen LogP contribution in [0.4, 0.5) is 0 Å². The van der Waals surface area contributed by atoms with E-state index in [0.29, 0.717) is 6.10 Å². The number of aliphatic hydroxyl groups is 1. The molecule has 1 saturated heterocycles. The summed E-state index contributed by atoms with van der Waals surface area (Å²) >= 11 is 2.33. The van der Waals surface area contributed by atoms with Crippen LogP contribution in [0.2, 0.25) is 0 Å². The predicted molar refractivity (Wildman–Crippen MR) is 77.2 cm³/mol. The van der Waals surface area contributed by atoms with E-state index in [1.165, 1.54) is 11.1 Å². The smallest absolute Gasteiger partial charge is 0.0904 e. The van der Waals surface area contributed by atoms with E-state index in [1.54, 1.807) is 0 Å². The Balaban J connectivity index is 2.29. The minimum Gasteiger partial charge on any atom is -0.392 e. The normalized spacial score (nSPS) is 26.6. The molecule has 1 aliphatic heterocycles. The van der Waals surface area contributed by atoms with Crippen LogP contribution < -0.4 is 0 Å². The molecule has 0 bridgehead atoms. The summed E-state index contributed by atoms with van der Waals surface area (Å²) in [5.41, 5.74) is 3.67. The lowest BCUT2D eigenvalue weighted by molar-refractivity contribution is -0.230. The molecular formula is C14H19IO2. The molecule has 94 valence electrons. The van der Waals surface area contributed by atoms with E-state index >= 15 is 0 Å². The highest BCUT2D eigenvalue weighted by atomic mass is 127. The van der Waals surface area contributed by atoms with Gasteiger partial charge < -0.3 is 9.84 Å². The molecular weight excluding hydrogens is 327 g/mol. The Morgan fingerprint density at radius 3 is 2.53 bits per heavy atom. The van der Waals surface area contributed by atoms with E-state index in [2.05, 4.69) is 55.5 Å². The highest BCUT2D eigenvalue weighted by Gasteiger charge is 2.47. The molecule has 1 aromatic rings. The molecule has 2 atom stereocenters. The first-order chi connectivity index (χ1) is 8.00. The maximum Gasteiger partial charge on any atom is 0.0904 e. The SMILES string of the molecule is CC1OC(c2ccc(CO)c(CI)c2)C1(C)C. The zero-order valence-corrected chi connectivity index (χ0v) is 12.7. The molecule has 2 unspecified atom stereocenters. The molecule has 0 aromatic heterocycles. The van der Waals surface area contributed by atoms with Gasteiger partial charge in [-0.25, -0.2) is 0 Å². The zero-order valence-electron chi connectivity index (χ0n) is 10.5. The molecule has 0 amide bonds. The zero-order chi connectivity index (χ0) is 12.6. The Morgan fingerprint density at radius 1 is 1.35 bits per heavy atom. The third kappa shape index (κ3) is 2.25. The summed E-state index contributed by atoms with van der Waals surface area (Å²) in [6.45, 7) is 6.73. The van der Waals surface area contributed by atoms with E-state index in [1.807, 2.05) is 6.07 Å². The van der Waals surface area contributed by atoms with Gasteiger partial charge in [-0.3, -0.25) is 0 Å². The first-order valence-electron chi connectivity index (χ1n) is 5.94. The summed E-state index contributed by atoms with van der Waals surface area (Å²) in [6.07, 6.45) is 0.500. The molecule has 1 aliphatic rings. The third-order valence-corrected chi connectivity index (χ3v) is 4.73. The van der Waals surface area contributed by atoms with Crippen molar-refractivity contribution in [3.8, 4) is 0 Å². The fraction of sp³-hybridized carbons (Fsp3) is 0.571. The van der Waals surface area contributed by atoms with Crippen LogP contribution in [0.5, 0.6) is 0 Å². The van der Waals surface area contributed by atoms with E-state index in [4.69, 9.17) is 4.74 Å². The fourth-order valence-electron chi connectivity index (χ4n) is 2.29. The Hall–Kier alpha value is -0.130. The second kappa shape index (κ2) is 4.86. The Morgan fingerprint density at radius 2 is 2.06 bits per heavy atom. The highest BCUT2D eigenvalue weighted by molar-refractivity contribution is 14.1. The summed E-state index contributed by atoms with van der Waals surface area (Å²) in [7, 11) is 0. The van der Waals surface area contributed by atoms with Gasteiger partial charge in [0, 0.05) is 9.84 Å². The van der Waals surface area contributed by atoms with Crippen LogP contribution in [0.1, 0.15) is 43.6 Å². The van der Waals surface area contributed by atoms with Crippen LogP contribution in [-0.2, 0) is 15.8 Å². The van der Waals surface area contributed by atoms with Crippen molar-refractivity contribution in [1.82, 2.24) is 0 Å². The largest absolute Gasteiger partial charge is 0.392 e. The highest BCUT2D eigenvalue weighted by Crippen LogP contribution is 2.51. The van der Waals surface area contributed by atoms with Crippen LogP contribution in [0.15, 0.2) is 18.2 Å². The Bertz CT molecular complexity index is 415. The van der Waals surface area contributed by atoms with E-state index in [0.717, 1.165) is 9.99 Å². The van der Waals surface area contributed by atoms with Gasteiger partial charge in [-0.05, 0) is 23.6 Å². The quantitative estimate of drug-likeness (QED) is 0.669. The van der Waals surface area contributed by atoms with E-state index in [9.17, 15) is 5.11 Å². The number of alkyl halides is 1. The topological polar surface area (TPSA) is 29.5 Å². The van der Waals surface area contributed by atoms with Crippen molar-refractivity contribution in [1.29, 1.82) is 0 Å². The van der Waals surface area contributed by atoms with Gasteiger partial charge >= 0.3 is 0 Å². The summed E-state index contributed by atoms with van der Waals surface area (Å²) < 4.78 is 6.77. The molecule has 0 aliphatic carbocycles. The molecule has 2 rings (SSSR count). The predicted octanol–water partition coefficient (Wildman–Crippen LogP) is 3.60. The van der Waals surface area contributed by atoms with Crippen LogP contribution in [-0.4, -0.2) is 11.2 Å². The van der Waals surface area contributed by atoms with Gasteiger partial charge in [-0.1, -0.05) is 54.6 Å². The van der Waals surface area contributed by atoms with Crippen LogP contribution in [0.3, 0.4) is 0 Å². The van der Waals surface area contributed by atoms with Gasteiger partial charge in [0.1, 0.15) is 0 Å². The van der Waals surface area contributed by atoms with Crippen molar-refractivity contribution in [2.45, 2.75) is 44.0 Å². The number of halogens is 1. The lowest BCUT2D eigenvalue weighted by Gasteiger charge is -2.50. The number of hydrogen-bond acceptors (Lipinski definition) is 2. The molecule has 17 heavy (non-hydrogen) atoms. The Kier molecular flexibility index (Phi) is 3.80. The second-order valence-electron chi connectivity index (χ2n) is 5.30. The van der Waals surface area contributed by atoms with Gasteiger partial charge in [-0.2, -0.15) is 0 Å². The number of aliphatic hydroxyl groups excluding tert-OH is 1. The van der Waals surface area contributed by atoms with Crippen molar-refractivity contribution in [2.75, 3.05) is 0 Å². The Labute approximate surface area is 117 Å². The molecule has 0 radical (unpaired) electrons. The summed E-state index contributed by atoms with van der Waals surface area (Å²) in [5.74, 6) is 0. The van der Waals surface area contributed by atoms with Crippen LogP contribution in [0.25, 0.3) is 0 Å². The van der Waals surface area contributed by atoms with Gasteiger partial charge in [0.05, 0.1) is 18.8 Å². The van der Waals surface area contributed by atoms with Crippen LogP contribution >= 0.6 is 22.6 Å². The first kappa shape index (κ1) is 13.3. The second-order valence-corrected chi connectivity index (χ2v) is 6.06. The maximum atomic E-state index is 9.26. The number of hydrogen-bond donors (Lipinski definition) is 1. The number of rotatable bonds is 3. The van der Waals surface area contributed by atoms with Gasteiger partial charge in [-0.15, -0.1) is 0 Å². The number of ether oxygens (including phenoxy) is 1. The summed E-state index contributed by atoms with van der Waals surface area (Å²) in [4.78, 5) is 0. The van der Waals surface area contributed by atoms with Crippen molar-refractivity contribution < 1.29 is 9.84 Å². The molecule has 1 aromatic carbocycles. The average Bonchev–Trinajstić information content (AvgIpc) is 2.35. The molecule has 2 nitrogen and oxygen atoms in total. The van der Waals surface area contributed by atoms with Crippen LogP contribution in [0, 0.1) is 5.41 Å². The van der Waals surface area contributed by atoms with Gasteiger partial charge in [0.25, 0.3) is 0 Å². The number of benzene rings is 1. The average molecular weight is 346 g/mol. The summed E-state index contributed by atoms with van der Waals surface area (Å²) in [6, 6.07) is 6.28. The van der Waals surface area contributed by atoms with E-state index in [-0.39, 0.29) is 18.1 Å². The molecule has 1 heterocycles. The standard InChI is InChI=1S/C14H19IO2/c1-9-14(2,3)13(17-9)10-4-5-11(8-16)12(6-10)7-15/h4-6,9,13,16H,7-8H2,1-3H3. The minimum absolute atomic E-state index is 0.115. The lowest BCUT2D eigenvalue weighted by Crippen LogP contribution is -2.48. The van der Waals surface area contributed by atoms with Gasteiger partial charge in [0.2, 0.25) is 0 Å². The third-order valence-electron chi connectivity index (χ3n) is 3.91. The molecule has 0 saturated carbocycles. The molecule has 0 spiro atoms. The van der Waals surface area contributed by atoms with Crippen molar-refractivity contribution in [2.24, 2.45) is 5.41 Å². The molecule has 1 fully saturated rings. The molecule has 3 heteroatoms. The lowest BCUT2D eigenvalue weighted by atomic mass is 9.73.